The molecule has 0 saturated heterocycles. The van der Waals surface area contributed by atoms with Crippen LogP contribution in [-0.4, -0.2) is 4.57 Å². The molecular weight excluding hydrogens is 609 g/mol. The van der Waals surface area contributed by atoms with Crippen molar-refractivity contribution in [3.63, 3.8) is 0 Å². The summed E-state index contributed by atoms with van der Waals surface area (Å²) in [6.07, 6.45) is 4.24. The van der Waals surface area contributed by atoms with Crippen LogP contribution in [-0.2, 0) is 7.05 Å². The lowest BCUT2D eigenvalue weighted by atomic mass is 9.97. The number of aryl methyl sites for hydroxylation is 2. The maximum Gasteiger partial charge on any atom is 0.297 e. The number of benzene rings is 7. The molecule has 3 heteroatoms. The van der Waals surface area contributed by atoms with Gasteiger partial charge in [0.15, 0.2) is 5.58 Å². The Morgan fingerprint density at radius 2 is 0.920 bits per heavy atom. The van der Waals surface area contributed by atoms with Crippen molar-refractivity contribution < 1.29 is 8.98 Å². The number of para-hydroxylation sites is 1. The summed E-state index contributed by atoms with van der Waals surface area (Å²) in [7, 11) is 2.10. The Hall–Kier alpha value is -6.45. The summed E-state index contributed by atoms with van der Waals surface area (Å²) in [5, 5.41) is 2.28. The van der Waals surface area contributed by atoms with E-state index in [9.17, 15) is 0 Å². The number of imidazole rings is 1. The van der Waals surface area contributed by atoms with Crippen molar-refractivity contribution in [1.82, 2.24) is 4.57 Å². The normalized spacial score (nSPS) is 11.4. The molecule has 0 fully saturated rings. The van der Waals surface area contributed by atoms with E-state index in [0.29, 0.717) is 0 Å². The summed E-state index contributed by atoms with van der Waals surface area (Å²) >= 11 is 0. The number of furan rings is 1. The van der Waals surface area contributed by atoms with Crippen LogP contribution >= 0.6 is 0 Å². The van der Waals surface area contributed by atoms with Crippen LogP contribution in [0.3, 0.4) is 0 Å². The summed E-state index contributed by atoms with van der Waals surface area (Å²) in [4.78, 5) is 0. The van der Waals surface area contributed by atoms with Crippen LogP contribution in [0.5, 0.6) is 0 Å². The van der Waals surface area contributed by atoms with Gasteiger partial charge in [0.2, 0.25) is 0 Å². The van der Waals surface area contributed by atoms with Crippen LogP contribution in [0.25, 0.3) is 83.5 Å². The fourth-order valence-electron chi connectivity index (χ4n) is 7.16. The third kappa shape index (κ3) is 5.21. The molecular formula is C47H35N2O+. The molecule has 2 heterocycles. The quantitative estimate of drug-likeness (QED) is 0.165. The van der Waals surface area contributed by atoms with E-state index in [4.69, 9.17) is 4.42 Å². The predicted molar refractivity (Wildman–Crippen MR) is 206 cm³/mol. The third-order valence-electron chi connectivity index (χ3n) is 9.89. The second-order valence-electron chi connectivity index (χ2n) is 13.0. The van der Waals surface area contributed by atoms with Gasteiger partial charge in [0.25, 0.3) is 5.82 Å². The zero-order valence-electron chi connectivity index (χ0n) is 28.0. The third-order valence-corrected chi connectivity index (χ3v) is 9.89. The van der Waals surface area contributed by atoms with E-state index in [1.807, 2.05) is 12.1 Å². The fraction of sp³-hybridized carbons (Fsp3) is 0.0426. The van der Waals surface area contributed by atoms with Gasteiger partial charge in [0.05, 0.1) is 7.05 Å². The van der Waals surface area contributed by atoms with Gasteiger partial charge in [0.1, 0.15) is 29.2 Å². The molecule has 0 N–H and O–H groups in total. The van der Waals surface area contributed by atoms with Crippen molar-refractivity contribution in [3.8, 4) is 61.6 Å². The van der Waals surface area contributed by atoms with Gasteiger partial charge >= 0.3 is 0 Å². The van der Waals surface area contributed by atoms with E-state index in [1.165, 1.54) is 50.1 Å². The topological polar surface area (TPSA) is 21.9 Å². The van der Waals surface area contributed by atoms with Crippen molar-refractivity contribution in [2.24, 2.45) is 7.05 Å². The highest BCUT2D eigenvalue weighted by Gasteiger charge is 2.26. The van der Waals surface area contributed by atoms with Gasteiger partial charge in [0, 0.05) is 10.8 Å². The van der Waals surface area contributed by atoms with Crippen molar-refractivity contribution in [1.29, 1.82) is 0 Å². The molecule has 0 radical (unpaired) electrons. The fourth-order valence-corrected chi connectivity index (χ4v) is 7.16. The molecule has 9 aromatic rings. The summed E-state index contributed by atoms with van der Waals surface area (Å²) in [5.74, 6) is 1.08. The first-order valence-electron chi connectivity index (χ1n) is 17.1. The standard InChI is InChI=1S/C47H35N2O/c1-32-12-29-43-42-10-6-7-11-44(42)50-46(43)45(32)47-48(2)30-31-49(47)41-27-25-40(26-28-41)39-23-21-38(22-24-39)37-19-17-36(18-20-37)35-15-13-34(14-16-35)33-8-4-3-5-9-33/h3-31H,1-2H3/q+1. The van der Waals surface area contributed by atoms with Crippen LogP contribution < -0.4 is 4.57 Å². The first-order chi connectivity index (χ1) is 24.6. The molecule has 2 aromatic heterocycles. The van der Waals surface area contributed by atoms with Gasteiger partial charge in [-0.1, -0.05) is 146 Å². The van der Waals surface area contributed by atoms with Gasteiger partial charge in [-0.25, -0.2) is 4.57 Å². The van der Waals surface area contributed by atoms with E-state index in [-0.39, 0.29) is 0 Å². The average Bonchev–Trinajstić information content (AvgIpc) is 3.75. The summed E-state index contributed by atoms with van der Waals surface area (Å²) < 4.78 is 10.9. The molecule has 0 atom stereocenters. The highest BCUT2D eigenvalue weighted by molar-refractivity contribution is 6.09. The number of hydrogen-bond acceptors (Lipinski definition) is 1. The summed E-state index contributed by atoms with van der Waals surface area (Å²) in [6.45, 7) is 2.16. The van der Waals surface area contributed by atoms with Crippen molar-refractivity contribution in [3.05, 3.63) is 182 Å². The Balaban J connectivity index is 0.959. The zero-order chi connectivity index (χ0) is 33.6. The molecule has 0 saturated carbocycles. The smallest absolute Gasteiger partial charge is 0.297 e. The maximum atomic E-state index is 6.47. The molecule has 9 rings (SSSR count). The van der Waals surface area contributed by atoms with Crippen LogP contribution in [0, 0.1) is 6.92 Å². The first-order valence-corrected chi connectivity index (χ1v) is 17.1. The molecule has 0 aliphatic rings. The monoisotopic (exact) mass is 643 g/mol. The van der Waals surface area contributed by atoms with Crippen molar-refractivity contribution in [2.75, 3.05) is 0 Å². The van der Waals surface area contributed by atoms with Gasteiger partial charge < -0.3 is 4.42 Å². The summed E-state index contributed by atoms with van der Waals surface area (Å²) in [5.41, 5.74) is 14.9. The Labute approximate surface area is 292 Å². The number of nitrogens with zero attached hydrogens (tertiary/aromatic N) is 2. The molecule has 0 amide bonds. The van der Waals surface area contributed by atoms with E-state index in [2.05, 4.69) is 187 Å². The first kappa shape index (κ1) is 29.7. The van der Waals surface area contributed by atoms with Gasteiger partial charge in [-0.2, -0.15) is 4.57 Å². The van der Waals surface area contributed by atoms with Crippen LogP contribution in [0.1, 0.15) is 5.56 Å². The van der Waals surface area contributed by atoms with Crippen molar-refractivity contribution >= 4 is 21.9 Å². The molecule has 0 aliphatic heterocycles. The van der Waals surface area contributed by atoms with E-state index >= 15 is 0 Å². The zero-order valence-corrected chi connectivity index (χ0v) is 28.0. The van der Waals surface area contributed by atoms with Gasteiger partial charge in [-0.3, -0.25) is 0 Å². The SMILES string of the molecule is Cc1ccc2c(oc3ccccc32)c1-c1n(-c2ccc(-c3ccc(-c4ccc(-c5ccc(-c6ccccc6)cc5)cc4)cc3)cc2)cc[n+]1C. The average molecular weight is 644 g/mol. The minimum Gasteiger partial charge on any atom is -0.455 e. The lowest BCUT2D eigenvalue weighted by Gasteiger charge is -2.09. The predicted octanol–water partition coefficient (Wildman–Crippen LogP) is 11.8. The van der Waals surface area contributed by atoms with Crippen LogP contribution in [0.4, 0.5) is 0 Å². The molecule has 0 spiro atoms. The summed E-state index contributed by atoms with van der Waals surface area (Å²) in [6, 6.07) is 58.5. The van der Waals surface area contributed by atoms with Gasteiger partial charge in [-0.15, -0.1) is 0 Å². The highest BCUT2D eigenvalue weighted by atomic mass is 16.3. The number of aromatic nitrogens is 2. The lowest BCUT2D eigenvalue weighted by Crippen LogP contribution is -2.29. The minimum atomic E-state index is 0.910. The van der Waals surface area contributed by atoms with Crippen LogP contribution in [0.2, 0.25) is 0 Å². The van der Waals surface area contributed by atoms with Crippen LogP contribution in [0.15, 0.2) is 181 Å². The molecule has 238 valence electrons. The molecule has 7 aromatic carbocycles. The largest absolute Gasteiger partial charge is 0.455 e. The highest BCUT2D eigenvalue weighted by Crippen LogP contribution is 2.38. The molecule has 0 aliphatic carbocycles. The molecule has 0 unspecified atom stereocenters. The Morgan fingerprint density at radius 1 is 0.460 bits per heavy atom. The Bertz CT molecular complexity index is 2610. The van der Waals surface area contributed by atoms with E-state index in [0.717, 1.165) is 39.0 Å². The number of fused-ring (bicyclic) bond motifs is 3. The van der Waals surface area contributed by atoms with E-state index in [1.54, 1.807) is 0 Å². The second kappa shape index (κ2) is 12.2. The van der Waals surface area contributed by atoms with E-state index < -0.39 is 0 Å². The minimum absolute atomic E-state index is 0.910. The molecule has 0 bridgehead atoms. The second-order valence-corrected chi connectivity index (χ2v) is 13.0. The Morgan fingerprint density at radius 3 is 1.46 bits per heavy atom. The number of rotatable bonds is 6. The maximum absolute atomic E-state index is 6.47. The Kier molecular flexibility index (Phi) is 7.25. The number of hydrogen-bond donors (Lipinski definition) is 0. The van der Waals surface area contributed by atoms with Crippen molar-refractivity contribution in [2.45, 2.75) is 6.92 Å². The lowest BCUT2D eigenvalue weighted by molar-refractivity contribution is -0.659. The molecule has 50 heavy (non-hydrogen) atoms. The molecule has 3 nitrogen and oxygen atoms in total. The van der Waals surface area contributed by atoms with Gasteiger partial charge in [-0.05, 0) is 75.2 Å².